The fourth-order valence-corrected chi connectivity index (χ4v) is 0.759. The molecule has 0 amide bonds. The Morgan fingerprint density at radius 2 is 2.11 bits per heavy atom. The molecule has 50 valence electrons. The third-order valence-corrected chi connectivity index (χ3v) is 1.10. The first-order chi connectivity index (χ1) is 4.31. The number of hydrogen-bond acceptors (Lipinski definition) is 0. The van der Waals surface area contributed by atoms with Crippen LogP contribution in [0, 0.1) is 0 Å². The van der Waals surface area contributed by atoms with E-state index in [0.717, 1.165) is 0 Å². The highest BCUT2D eigenvalue weighted by molar-refractivity contribution is 7.20. The second kappa shape index (κ2) is 5.78. The highest BCUT2D eigenvalue weighted by atomic mass is 31.0. The Bertz CT molecular complexity index is 141. The first-order valence-corrected chi connectivity index (χ1v) is 3.65. The van der Waals surface area contributed by atoms with Gasteiger partial charge in [0.1, 0.15) is 0 Å². The van der Waals surface area contributed by atoms with E-state index in [1.807, 2.05) is 31.0 Å². The highest BCUT2D eigenvalue weighted by Gasteiger charge is 1.72. The van der Waals surface area contributed by atoms with Gasteiger partial charge in [0.2, 0.25) is 0 Å². The van der Waals surface area contributed by atoms with Crippen molar-refractivity contribution in [2.75, 3.05) is 0 Å². The van der Waals surface area contributed by atoms with Crippen LogP contribution < -0.4 is 0 Å². The van der Waals surface area contributed by atoms with Crippen LogP contribution in [0.4, 0.5) is 0 Å². The van der Waals surface area contributed by atoms with E-state index in [1.165, 1.54) is 5.57 Å². The summed E-state index contributed by atoms with van der Waals surface area (Å²) in [5.41, 5.74) is 1.27. The molecule has 0 N–H and O–H groups in total. The average molecular weight is 140 g/mol. The summed E-state index contributed by atoms with van der Waals surface area (Å²) in [5, 5.41) is 0. The smallest absolute Gasteiger partial charge is 0.0398 e. The number of allylic oxidation sites excluding steroid dienone is 5. The van der Waals surface area contributed by atoms with Crippen LogP contribution in [0.3, 0.4) is 0 Å². The van der Waals surface area contributed by atoms with E-state index >= 15 is 0 Å². The van der Waals surface area contributed by atoms with Crippen LogP contribution in [0.1, 0.15) is 13.8 Å². The first-order valence-electron chi connectivity index (χ1n) is 2.99. The van der Waals surface area contributed by atoms with Crippen molar-refractivity contribution in [2.45, 2.75) is 13.8 Å². The monoisotopic (exact) mass is 140 g/mol. The molecule has 0 fully saturated rings. The van der Waals surface area contributed by atoms with Gasteiger partial charge in [0.15, 0.2) is 0 Å². The molecule has 0 radical (unpaired) electrons. The molecule has 0 nitrogen and oxygen atoms in total. The molecular formula is C8H13P. The number of hydrogen-bond donors (Lipinski definition) is 0. The quantitative estimate of drug-likeness (QED) is 0.408. The van der Waals surface area contributed by atoms with Crippen molar-refractivity contribution in [2.24, 2.45) is 0 Å². The second-order valence-electron chi connectivity index (χ2n) is 1.80. The SMILES string of the molecule is C\C=C/C=C(C)\C=C\P. The molecule has 0 aliphatic carbocycles. The van der Waals surface area contributed by atoms with Crippen molar-refractivity contribution >= 4 is 9.24 Å². The summed E-state index contributed by atoms with van der Waals surface area (Å²) >= 11 is 0. The molecule has 9 heavy (non-hydrogen) atoms. The van der Waals surface area contributed by atoms with Crippen molar-refractivity contribution in [1.82, 2.24) is 0 Å². The van der Waals surface area contributed by atoms with E-state index in [9.17, 15) is 0 Å². The third kappa shape index (κ3) is 5.52. The van der Waals surface area contributed by atoms with Crippen molar-refractivity contribution in [3.8, 4) is 0 Å². The number of rotatable bonds is 2. The van der Waals surface area contributed by atoms with Crippen LogP contribution >= 0.6 is 9.24 Å². The van der Waals surface area contributed by atoms with E-state index < -0.39 is 0 Å². The Morgan fingerprint density at radius 3 is 2.56 bits per heavy atom. The molecule has 0 aliphatic rings. The molecule has 0 saturated carbocycles. The summed E-state index contributed by atoms with van der Waals surface area (Å²) in [6.07, 6.45) is 8.16. The molecule has 1 heteroatoms. The minimum Gasteiger partial charge on any atom is -0.114 e. The highest BCUT2D eigenvalue weighted by Crippen LogP contribution is 1.97. The Hall–Kier alpha value is -0.350. The van der Waals surface area contributed by atoms with Crippen molar-refractivity contribution < 1.29 is 0 Å². The molecule has 0 aromatic rings. The predicted octanol–water partition coefficient (Wildman–Crippen LogP) is 2.90. The lowest BCUT2D eigenvalue weighted by Crippen LogP contribution is -1.61. The zero-order chi connectivity index (χ0) is 7.11. The van der Waals surface area contributed by atoms with E-state index in [-0.39, 0.29) is 0 Å². The van der Waals surface area contributed by atoms with Gasteiger partial charge in [-0.1, -0.05) is 35.7 Å². The average Bonchev–Trinajstić information content (AvgIpc) is 1.85. The lowest BCUT2D eigenvalue weighted by molar-refractivity contribution is 1.53. The normalized spacial score (nSPS) is 13.9. The van der Waals surface area contributed by atoms with Crippen LogP contribution in [0.25, 0.3) is 0 Å². The molecule has 0 spiro atoms. The molecule has 0 saturated heterocycles. The summed E-state index contributed by atoms with van der Waals surface area (Å²) < 4.78 is 0. The maximum absolute atomic E-state index is 2.54. The van der Waals surface area contributed by atoms with E-state index in [0.29, 0.717) is 0 Å². The molecule has 1 unspecified atom stereocenters. The van der Waals surface area contributed by atoms with E-state index in [4.69, 9.17) is 0 Å². The van der Waals surface area contributed by atoms with Gasteiger partial charge in [-0.15, -0.1) is 9.24 Å². The Balaban J connectivity index is 3.84. The van der Waals surface area contributed by atoms with Crippen molar-refractivity contribution in [3.63, 3.8) is 0 Å². The molecular weight excluding hydrogens is 127 g/mol. The molecule has 0 aromatic carbocycles. The van der Waals surface area contributed by atoms with Gasteiger partial charge >= 0.3 is 0 Å². The summed E-state index contributed by atoms with van der Waals surface area (Å²) in [5.74, 6) is 1.95. The van der Waals surface area contributed by atoms with Gasteiger partial charge in [0.05, 0.1) is 0 Å². The van der Waals surface area contributed by atoms with Gasteiger partial charge in [-0.05, 0) is 13.8 Å². The Kier molecular flexibility index (Phi) is 5.56. The lowest BCUT2D eigenvalue weighted by atomic mass is 10.3. The maximum Gasteiger partial charge on any atom is -0.0398 e. The van der Waals surface area contributed by atoms with Crippen LogP contribution in [0.2, 0.25) is 0 Å². The minimum atomic E-state index is 1.27. The lowest BCUT2D eigenvalue weighted by Gasteiger charge is -1.83. The minimum absolute atomic E-state index is 1.27. The van der Waals surface area contributed by atoms with Gasteiger partial charge in [-0.2, -0.15) is 0 Å². The Morgan fingerprint density at radius 1 is 1.44 bits per heavy atom. The van der Waals surface area contributed by atoms with E-state index in [2.05, 4.69) is 22.2 Å². The third-order valence-electron chi connectivity index (χ3n) is 0.911. The fourth-order valence-electron chi connectivity index (χ4n) is 0.455. The molecule has 0 rings (SSSR count). The molecule has 0 bridgehead atoms. The van der Waals surface area contributed by atoms with Gasteiger partial charge in [0.25, 0.3) is 0 Å². The Labute approximate surface area is 59.6 Å². The van der Waals surface area contributed by atoms with Crippen molar-refractivity contribution in [1.29, 1.82) is 0 Å². The summed E-state index contributed by atoms with van der Waals surface area (Å²) in [6, 6.07) is 0. The first kappa shape index (κ1) is 8.65. The van der Waals surface area contributed by atoms with Crippen LogP contribution in [0.15, 0.2) is 35.7 Å². The molecule has 0 heterocycles. The van der Waals surface area contributed by atoms with E-state index in [1.54, 1.807) is 0 Å². The van der Waals surface area contributed by atoms with Crippen LogP contribution in [0.5, 0.6) is 0 Å². The molecule has 0 aromatic heterocycles. The zero-order valence-electron chi connectivity index (χ0n) is 5.96. The maximum atomic E-state index is 2.54. The summed E-state index contributed by atoms with van der Waals surface area (Å²) in [7, 11) is 2.54. The standard InChI is InChI=1S/C8H13P/c1-3-4-5-8(2)6-7-9/h3-7H,9H2,1-2H3/b4-3-,7-6+,8-5-. The van der Waals surface area contributed by atoms with Crippen LogP contribution in [-0.2, 0) is 0 Å². The van der Waals surface area contributed by atoms with Crippen LogP contribution in [-0.4, -0.2) is 0 Å². The fraction of sp³-hybridized carbons (Fsp3) is 0.250. The topological polar surface area (TPSA) is 0 Å². The molecule has 1 atom stereocenters. The van der Waals surface area contributed by atoms with Crippen molar-refractivity contribution in [3.05, 3.63) is 35.7 Å². The van der Waals surface area contributed by atoms with Gasteiger partial charge in [0, 0.05) is 0 Å². The molecule has 0 aliphatic heterocycles. The van der Waals surface area contributed by atoms with Gasteiger partial charge in [-0.25, -0.2) is 0 Å². The van der Waals surface area contributed by atoms with Gasteiger partial charge in [-0.3, -0.25) is 0 Å². The second-order valence-corrected chi connectivity index (χ2v) is 2.18. The summed E-state index contributed by atoms with van der Waals surface area (Å²) in [6.45, 7) is 4.08. The predicted molar refractivity (Wildman–Crippen MR) is 47.4 cm³/mol. The largest absolute Gasteiger partial charge is 0.114 e. The zero-order valence-corrected chi connectivity index (χ0v) is 7.12. The van der Waals surface area contributed by atoms with Gasteiger partial charge < -0.3 is 0 Å². The summed E-state index contributed by atoms with van der Waals surface area (Å²) in [4.78, 5) is 0.